The molecular formula is C38H44Cl2N6O5. The maximum absolute atomic E-state index is 14.0. The van der Waals surface area contributed by atoms with Gasteiger partial charge in [-0.15, -0.1) is 0 Å². The van der Waals surface area contributed by atoms with Gasteiger partial charge in [0.1, 0.15) is 6.61 Å². The Morgan fingerprint density at radius 2 is 1.71 bits per heavy atom. The van der Waals surface area contributed by atoms with Gasteiger partial charge in [-0.25, -0.2) is 4.98 Å². The van der Waals surface area contributed by atoms with E-state index in [0.717, 1.165) is 74.5 Å². The van der Waals surface area contributed by atoms with Crippen molar-refractivity contribution in [3.8, 4) is 23.3 Å². The lowest BCUT2D eigenvalue weighted by Gasteiger charge is -2.33. The fourth-order valence-corrected chi connectivity index (χ4v) is 7.71. The highest BCUT2D eigenvalue weighted by Crippen LogP contribution is 2.42. The Kier molecular flexibility index (Phi) is 11.8. The molecule has 3 aromatic carbocycles. The quantitative estimate of drug-likeness (QED) is 0.147. The Morgan fingerprint density at radius 1 is 0.922 bits per heavy atom. The van der Waals surface area contributed by atoms with Crippen molar-refractivity contribution >= 4 is 46.1 Å². The Morgan fingerprint density at radius 3 is 2.43 bits per heavy atom. The number of benzene rings is 3. The first-order valence-corrected chi connectivity index (χ1v) is 18.0. The normalized spacial score (nSPS) is 18.1. The second-order valence-electron chi connectivity index (χ2n) is 13.0. The van der Waals surface area contributed by atoms with Gasteiger partial charge in [-0.2, -0.15) is 5.26 Å². The van der Waals surface area contributed by atoms with Gasteiger partial charge >= 0.3 is 0 Å². The van der Waals surface area contributed by atoms with E-state index in [1.54, 1.807) is 33.5 Å². The van der Waals surface area contributed by atoms with Crippen molar-refractivity contribution < 1.29 is 23.7 Å². The summed E-state index contributed by atoms with van der Waals surface area (Å²) in [5.74, 6) is 2.16. The fraction of sp³-hybridized carbons (Fsp3) is 0.447. The number of likely N-dealkylation sites (tertiary alicyclic amines) is 1. The number of hydrogen-bond acceptors (Lipinski definition) is 9. The number of ether oxygens (including phenoxy) is 4. The van der Waals surface area contributed by atoms with Gasteiger partial charge in [0, 0.05) is 50.2 Å². The lowest BCUT2D eigenvalue weighted by Crippen LogP contribution is -2.39. The molecule has 1 atom stereocenters. The average Bonchev–Trinajstić information content (AvgIpc) is 3.67. The first kappa shape index (κ1) is 36.6. The number of nitrogens with zero attached hydrogens (tertiary/aromatic N) is 6. The summed E-state index contributed by atoms with van der Waals surface area (Å²) in [5, 5.41) is 9.93. The number of anilines is 1. The van der Waals surface area contributed by atoms with Crippen LogP contribution in [0.2, 0.25) is 10.0 Å². The summed E-state index contributed by atoms with van der Waals surface area (Å²) in [6, 6.07) is 19.5. The molecule has 0 saturated carbocycles. The molecule has 11 nitrogen and oxygen atoms in total. The van der Waals surface area contributed by atoms with E-state index in [1.807, 2.05) is 41.3 Å². The molecular weight excluding hydrogens is 691 g/mol. The van der Waals surface area contributed by atoms with E-state index >= 15 is 0 Å². The van der Waals surface area contributed by atoms with Crippen LogP contribution in [0.25, 0.3) is 11.0 Å². The lowest BCUT2D eigenvalue weighted by molar-refractivity contribution is 0.0780. The molecule has 0 radical (unpaired) electrons. The van der Waals surface area contributed by atoms with E-state index in [2.05, 4.69) is 26.5 Å². The van der Waals surface area contributed by atoms with Crippen LogP contribution in [-0.2, 0) is 16.7 Å². The summed E-state index contributed by atoms with van der Waals surface area (Å²) in [7, 11) is 4.63. The number of amides is 1. The zero-order valence-electron chi connectivity index (χ0n) is 29.4. The second-order valence-corrected chi connectivity index (χ2v) is 13.8. The molecule has 2 saturated heterocycles. The van der Waals surface area contributed by atoms with Crippen LogP contribution in [0.15, 0.2) is 54.6 Å². The van der Waals surface area contributed by atoms with Crippen LogP contribution in [0.4, 0.5) is 5.95 Å². The maximum atomic E-state index is 14.0. The Hall–Kier alpha value is -4.21. The molecule has 0 N–H and O–H groups in total. The predicted octanol–water partition coefficient (Wildman–Crippen LogP) is 6.30. The van der Waals surface area contributed by atoms with Crippen molar-refractivity contribution in [2.45, 2.75) is 31.2 Å². The third-order valence-electron chi connectivity index (χ3n) is 10.1. The monoisotopic (exact) mass is 734 g/mol. The zero-order valence-corrected chi connectivity index (χ0v) is 30.9. The van der Waals surface area contributed by atoms with Gasteiger partial charge in [0.2, 0.25) is 11.7 Å². The van der Waals surface area contributed by atoms with Gasteiger partial charge in [-0.05, 0) is 74.3 Å². The summed E-state index contributed by atoms with van der Waals surface area (Å²) < 4.78 is 24.3. The third-order valence-corrected chi connectivity index (χ3v) is 10.9. The van der Waals surface area contributed by atoms with E-state index in [-0.39, 0.29) is 17.9 Å². The Bertz CT molecular complexity index is 1870. The number of carbonyl (C=O) groups is 1. The van der Waals surface area contributed by atoms with E-state index < -0.39 is 0 Å². The number of rotatable bonds is 13. The number of nitriles is 1. The van der Waals surface area contributed by atoms with Gasteiger partial charge in [-0.3, -0.25) is 4.79 Å². The molecule has 1 aromatic heterocycles. The van der Waals surface area contributed by atoms with Gasteiger partial charge < -0.3 is 38.2 Å². The zero-order chi connectivity index (χ0) is 36.0. The van der Waals surface area contributed by atoms with Crippen molar-refractivity contribution in [1.29, 1.82) is 5.26 Å². The standard InChI is InChI=1S/C38H44Cl2N6O5/c1-48-33-23-27(24-34(49-2)35(33)50-3)36(47)45-17-12-38(26-45,28-9-10-29(39)30(40)25-28)11-16-43-14-6-15-44(19-18-43)37-42-31-7-4-5-8-32(31)46(37)20-22-51-21-13-41/h4-5,7-10,23-25H,6,11-12,14-22,26H2,1-3H3. The number of fused-ring (bicyclic) bond motifs is 1. The van der Waals surface area contributed by atoms with Gasteiger partial charge in [-0.1, -0.05) is 41.4 Å². The molecule has 2 aliphatic heterocycles. The molecule has 3 heterocycles. The number of aromatic nitrogens is 2. The highest BCUT2D eigenvalue weighted by Gasteiger charge is 2.42. The minimum atomic E-state index is -0.312. The Balaban J connectivity index is 1.19. The number of imidazole rings is 1. The topological polar surface area (TPSA) is 105 Å². The fourth-order valence-electron chi connectivity index (χ4n) is 7.41. The van der Waals surface area contributed by atoms with Crippen molar-refractivity contribution in [3.05, 3.63) is 75.8 Å². The van der Waals surface area contributed by atoms with Gasteiger partial charge in [0.05, 0.1) is 55.1 Å². The molecule has 6 rings (SSSR count). The molecule has 270 valence electrons. The number of halogens is 2. The average molecular weight is 736 g/mol. The van der Waals surface area contributed by atoms with Crippen LogP contribution < -0.4 is 19.1 Å². The molecule has 2 fully saturated rings. The number of methoxy groups -OCH3 is 3. The Labute approximate surface area is 309 Å². The molecule has 13 heteroatoms. The van der Waals surface area contributed by atoms with Crippen LogP contribution in [-0.4, -0.2) is 106 Å². The first-order chi connectivity index (χ1) is 24.8. The first-order valence-electron chi connectivity index (χ1n) is 17.2. The van der Waals surface area contributed by atoms with Crippen LogP contribution in [0.5, 0.6) is 17.2 Å². The summed E-state index contributed by atoms with van der Waals surface area (Å²) in [4.78, 5) is 25.8. The SMILES string of the molecule is COc1cc(C(=O)N2CCC(CCN3CCCN(c4nc5ccccc5n4CCOCC#N)CC3)(c3ccc(Cl)c(Cl)c3)C2)cc(OC)c1OC. The predicted molar refractivity (Wildman–Crippen MR) is 199 cm³/mol. The highest BCUT2D eigenvalue weighted by molar-refractivity contribution is 6.42. The molecule has 0 bridgehead atoms. The number of hydrogen-bond donors (Lipinski definition) is 0. The van der Waals surface area contributed by atoms with Crippen molar-refractivity contribution in [1.82, 2.24) is 19.4 Å². The van der Waals surface area contributed by atoms with E-state index in [1.165, 1.54) is 0 Å². The molecule has 0 aliphatic carbocycles. The third kappa shape index (κ3) is 7.85. The second kappa shape index (κ2) is 16.4. The lowest BCUT2D eigenvalue weighted by atomic mass is 9.76. The molecule has 0 spiro atoms. The summed E-state index contributed by atoms with van der Waals surface area (Å²) in [6.07, 6.45) is 2.62. The van der Waals surface area contributed by atoms with Crippen molar-refractivity contribution in [2.24, 2.45) is 0 Å². The molecule has 51 heavy (non-hydrogen) atoms. The van der Waals surface area contributed by atoms with E-state index in [4.69, 9.17) is 52.4 Å². The van der Waals surface area contributed by atoms with Crippen LogP contribution in [0.3, 0.4) is 0 Å². The van der Waals surface area contributed by atoms with Crippen LogP contribution >= 0.6 is 23.2 Å². The smallest absolute Gasteiger partial charge is 0.254 e. The molecule has 2 aliphatic rings. The van der Waals surface area contributed by atoms with Crippen molar-refractivity contribution in [2.75, 3.05) is 85.3 Å². The summed E-state index contributed by atoms with van der Waals surface area (Å²) >= 11 is 12.9. The number of carbonyl (C=O) groups excluding carboxylic acids is 1. The largest absolute Gasteiger partial charge is 0.493 e. The van der Waals surface area contributed by atoms with E-state index in [0.29, 0.717) is 59.1 Å². The highest BCUT2D eigenvalue weighted by atomic mass is 35.5. The molecule has 1 unspecified atom stereocenters. The minimum Gasteiger partial charge on any atom is -0.493 e. The summed E-state index contributed by atoms with van der Waals surface area (Å²) in [6.45, 7) is 6.66. The van der Waals surface area contributed by atoms with Crippen molar-refractivity contribution in [3.63, 3.8) is 0 Å². The van der Waals surface area contributed by atoms with Crippen LogP contribution in [0, 0.1) is 11.3 Å². The van der Waals surface area contributed by atoms with Gasteiger partial charge in [0.15, 0.2) is 11.5 Å². The summed E-state index contributed by atoms with van der Waals surface area (Å²) in [5.41, 5.74) is 3.26. The van der Waals surface area contributed by atoms with Gasteiger partial charge in [0.25, 0.3) is 5.91 Å². The number of para-hydroxylation sites is 2. The molecule has 4 aromatic rings. The minimum absolute atomic E-state index is 0.0707. The maximum Gasteiger partial charge on any atom is 0.254 e. The van der Waals surface area contributed by atoms with Crippen LogP contribution in [0.1, 0.15) is 35.2 Å². The van der Waals surface area contributed by atoms with E-state index in [9.17, 15) is 4.79 Å². The molecule has 1 amide bonds.